The average Bonchev–Trinajstić information content (AvgIpc) is 2.61. The third kappa shape index (κ3) is 4.70. The SMILES string of the molecule is CC(CO)(NC(=O)NCc1ccc(C#N)cc1)C1CCCCC1. The first-order chi connectivity index (χ1) is 11.1. The van der Waals surface area contributed by atoms with Gasteiger partial charge in [0.15, 0.2) is 0 Å². The Labute approximate surface area is 137 Å². The molecule has 0 bridgehead atoms. The molecule has 0 aliphatic heterocycles. The molecule has 0 radical (unpaired) electrons. The molecule has 1 saturated carbocycles. The highest BCUT2D eigenvalue weighted by atomic mass is 16.3. The van der Waals surface area contributed by atoms with Crippen molar-refractivity contribution in [1.82, 2.24) is 10.6 Å². The fourth-order valence-electron chi connectivity index (χ4n) is 3.19. The van der Waals surface area contributed by atoms with Crippen LogP contribution in [-0.4, -0.2) is 23.3 Å². The van der Waals surface area contributed by atoms with Crippen molar-refractivity contribution in [3.8, 4) is 6.07 Å². The number of amides is 2. The van der Waals surface area contributed by atoms with E-state index in [1.54, 1.807) is 12.1 Å². The lowest BCUT2D eigenvalue weighted by Crippen LogP contribution is -2.57. The molecular formula is C18H25N3O2. The largest absolute Gasteiger partial charge is 0.394 e. The molecule has 0 heterocycles. The van der Waals surface area contributed by atoms with Crippen LogP contribution in [0.4, 0.5) is 4.79 Å². The van der Waals surface area contributed by atoms with Gasteiger partial charge in [0.1, 0.15) is 0 Å². The van der Waals surface area contributed by atoms with Crippen molar-refractivity contribution in [3.05, 3.63) is 35.4 Å². The molecule has 124 valence electrons. The smallest absolute Gasteiger partial charge is 0.315 e. The van der Waals surface area contributed by atoms with Crippen LogP contribution < -0.4 is 10.6 Å². The number of carbonyl (C=O) groups is 1. The fraction of sp³-hybridized carbons (Fsp3) is 0.556. The van der Waals surface area contributed by atoms with Crippen LogP contribution in [0.1, 0.15) is 50.2 Å². The fourth-order valence-corrected chi connectivity index (χ4v) is 3.19. The zero-order valence-electron chi connectivity index (χ0n) is 13.6. The molecule has 1 aromatic carbocycles. The Kier molecular flexibility index (Phi) is 6.00. The number of carbonyl (C=O) groups excluding carboxylic acids is 1. The Bertz CT molecular complexity index is 559. The summed E-state index contributed by atoms with van der Waals surface area (Å²) < 4.78 is 0. The molecule has 1 unspecified atom stereocenters. The number of hydrogen-bond acceptors (Lipinski definition) is 3. The van der Waals surface area contributed by atoms with Crippen molar-refractivity contribution in [1.29, 1.82) is 5.26 Å². The highest BCUT2D eigenvalue weighted by Gasteiger charge is 2.35. The van der Waals surface area contributed by atoms with Crippen LogP contribution in [0.3, 0.4) is 0 Å². The predicted molar refractivity (Wildman–Crippen MR) is 88.6 cm³/mol. The number of rotatable bonds is 5. The van der Waals surface area contributed by atoms with Gasteiger partial charge in [-0.2, -0.15) is 5.26 Å². The second-order valence-electron chi connectivity index (χ2n) is 6.53. The number of nitrogens with zero attached hydrogens (tertiary/aromatic N) is 1. The first-order valence-corrected chi connectivity index (χ1v) is 8.23. The molecule has 0 saturated heterocycles. The molecule has 2 rings (SSSR count). The van der Waals surface area contributed by atoms with Gasteiger partial charge in [-0.15, -0.1) is 0 Å². The van der Waals surface area contributed by atoms with E-state index in [1.165, 1.54) is 6.42 Å². The van der Waals surface area contributed by atoms with Gasteiger partial charge >= 0.3 is 6.03 Å². The number of urea groups is 1. The van der Waals surface area contributed by atoms with Crippen LogP contribution in [0.2, 0.25) is 0 Å². The van der Waals surface area contributed by atoms with Crippen molar-refractivity contribution >= 4 is 6.03 Å². The van der Waals surface area contributed by atoms with E-state index >= 15 is 0 Å². The zero-order valence-corrected chi connectivity index (χ0v) is 13.6. The molecule has 0 aromatic heterocycles. The minimum absolute atomic E-state index is 0.0536. The second-order valence-corrected chi connectivity index (χ2v) is 6.53. The minimum atomic E-state index is -0.574. The van der Waals surface area contributed by atoms with Gasteiger partial charge in [0.25, 0.3) is 0 Å². The average molecular weight is 315 g/mol. The number of hydrogen-bond donors (Lipinski definition) is 3. The molecule has 3 N–H and O–H groups in total. The maximum Gasteiger partial charge on any atom is 0.315 e. The molecule has 23 heavy (non-hydrogen) atoms. The Balaban J connectivity index is 1.87. The van der Waals surface area contributed by atoms with Crippen molar-refractivity contribution in [2.75, 3.05) is 6.61 Å². The molecule has 1 aliphatic carbocycles. The summed E-state index contributed by atoms with van der Waals surface area (Å²) in [5.41, 5.74) is 0.959. The van der Waals surface area contributed by atoms with Gasteiger partial charge in [0.05, 0.1) is 23.8 Å². The van der Waals surface area contributed by atoms with E-state index in [1.807, 2.05) is 19.1 Å². The van der Waals surface area contributed by atoms with Gasteiger partial charge in [0, 0.05) is 6.54 Å². The van der Waals surface area contributed by atoms with Gasteiger partial charge < -0.3 is 15.7 Å². The van der Waals surface area contributed by atoms with E-state index in [0.717, 1.165) is 31.2 Å². The number of aliphatic hydroxyl groups excluding tert-OH is 1. The van der Waals surface area contributed by atoms with Crippen LogP contribution in [-0.2, 0) is 6.54 Å². The highest BCUT2D eigenvalue weighted by Crippen LogP contribution is 2.32. The Morgan fingerprint density at radius 3 is 2.52 bits per heavy atom. The first-order valence-electron chi connectivity index (χ1n) is 8.23. The third-order valence-electron chi connectivity index (χ3n) is 4.77. The molecule has 5 nitrogen and oxygen atoms in total. The standard InChI is InChI=1S/C18H25N3O2/c1-18(13-22,16-5-3-2-4-6-16)21-17(23)20-12-15-9-7-14(11-19)8-10-15/h7-10,16,22H,2-6,12-13H2,1H3,(H2,20,21,23). The Morgan fingerprint density at radius 2 is 1.96 bits per heavy atom. The summed E-state index contributed by atoms with van der Waals surface area (Å²) in [5, 5.41) is 24.3. The summed E-state index contributed by atoms with van der Waals surface area (Å²) in [6.07, 6.45) is 5.66. The van der Waals surface area contributed by atoms with E-state index in [0.29, 0.717) is 18.0 Å². The molecule has 2 amide bonds. The molecule has 1 fully saturated rings. The molecular weight excluding hydrogens is 290 g/mol. The molecule has 5 heteroatoms. The van der Waals surface area contributed by atoms with Crippen molar-refractivity contribution < 1.29 is 9.90 Å². The van der Waals surface area contributed by atoms with Crippen molar-refractivity contribution in [2.45, 2.75) is 51.1 Å². The quantitative estimate of drug-likeness (QED) is 0.781. The maximum absolute atomic E-state index is 12.2. The van der Waals surface area contributed by atoms with E-state index < -0.39 is 5.54 Å². The lowest BCUT2D eigenvalue weighted by atomic mass is 9.76. The predicted octanol–water partition coefficient (Wildman–Crippen LogP) is 2.69. The summed E-state index contributed by atoms with van der Waals surface area (Å²) in [5.74, 6) is 0.321. The monoisotopic (exact) mass is 315 g/mol. The van der Waals surface area contributed by atoms with E-state index in [-0.39, 0.29) is 12.6 Å². The van der Waals surface area contributed by atoms with Crippen molar-refractivity contribution in [3.63, 3.8) is 0 Å². The van der Waals surface area contributed by atoms with Gasteiger partial charge in [0.2, 0.25) is 0 Å². The summed E-state index contributed by atoms with van der Waals surface area (Å²) in [6.45, 7) is 2.26. The van der Waals surface area contributed by atoms with E-state index in [4.69, 9.17) is 5.26 Å². The van der Waals surface area contributed by atoms with Crippen LogP contribution in [0.25, 0.3) is 0 Å². The number of benzene rings is 1. The molecule has 0 spiro atoms. The number of nitriles is 1. The minimum Gasteiger partial charge on any atom is -0.394 e. The highest BCUT2D eigenvalue weighted by molar-refractivity contribution is 5.74. The van der Waals surface area contributed by atoms with Crippen LogP contribution in [0.15, 0.2) is 24.3 Å². The van der Waals surface area contributed by atoms with Gasteiger partial charge in [-0.1, -0.05) is 31.4 Å². The van der Waals surface area contributed by atoms with Crippen LogP contribution in [0.5, 0.6) is 0 Å². The molecule has 1 aliphatic rings. The first kappa shape index (κ1) is 17.3. The van der Waals surface area contributed by atoms with Crippen LogP contribution >= 0.6 is 0 Å². The summed E-state index contributed by atoms with van der Waals surface area (Å²) in [7, 11) is 0. The Morgan fingerprint density at radius 1 is 1.30 bits per heavy atom. The lowest BCUT2D eigenvalue weighted by molar-refractivity contribution is 0.101. The second kappa shape index (κ2) is 7.98. The Hall–Kier alpha value is -2.06. The number of aliphatic hydroxyl groups is 1. The van der Waals surface area contributed by atoms with Gasteiger partial charge in [-0.25, -0.2) is 4.79 Å². The van der Waals surface area contributed by atoms with Gasteiger partial charge in [-0.05, 0) is 43.4 Å². The normalized spacial score (nSPS) is 17.8. The number of nitrogens with one attached hydrogen (secondary N) is 2. The molecule has 1 aromatic rings. The topological polar surface area (TPSA) is 85.2 Å². The van der Waals surface area contributed by atoms with Crippen LogP contribution in [0, 0.1) is 17.2 Å². The third-order valence-corrected chi connectivity index (χ3v) is 4.77. The van der Waals surface area contributed by atoms with E-state index in [9.17, 15) is 9.90 Å². The molecule has 1 atom stereocenters. The van der Waals surface area contributed by atoms with E-state index in [2.05, 4.69) is 16.7 Å². The summed E-state index contributed by atoms with van der Waals surface area (Å²) >= 11 is 0. The summed E-state index contributed by atoms with van der Waals surface area (Å²) in [4.78, 5) is 12.2. The maximum atomic E-state index is 12.2. The lowest BCUT2D eigenvalue weighted by Gasteiger charge is -2.39. The van der Waals surface area contributed by atoms with Crippen molar-refractivity contribution in [2.24, 2.45) is 5.92 Å². The summed E-state index contributed by atoms with van der Waals surface area (Å²) in [6, 6.07) is 8.91. The zero-order chi connectivity index (χ0) is 16.7. The van der Waals surface area contributed by atoms with Gasteiger partial charge in [-0.3, -0.25) is 0 Å².